The maximum atomic E-state index is 12.8. The smallest absolute Gasteiger partial charge is 0.240 e. The highest BCUT2D eigenvalue weighted by molar-refractivity contribution is 6.16. The van der Waals surface area contributed by atoms with Crippen LogP contribution in [0.3, 0.4) is 0 Å². The molecule has 1 fully saturated rings. The van der Waals surface area contributed by atoms with Gasteiger partial charge in [0.25, 0.3) is 0 Å². The lowest BCUT2D eigenvalue weighted by atomic mass is 9.87. The quantitative estimate of drug-likeness (QED) is 0.712. The van der Waals surface area contributed by atoms with E-state index in [9.17, 15) is 9.59 Å². The molecule has 2 aromatic carbocycles. The van der Waals surface area contributed by atoms with Gasteiger partial charge in [0, 0.05) is 17.4 Å². The summed E-state index contributed by atoms with van der Waals surface area (Å²) in [5, 5.41) is 5.72. The van der Waals surface area contributed by atoms with Crippen LogP contribution in [0.25, 0.3) is 0 Å². The number of ether oxygens (including phenoxy) is 2. The number of anilines is 2. The summed E-state index contributed by atoms with van der Waals surface area (Å²) >= 11 is 0. The fourth-order valence-corrected chi connectivity index (χ4v) is 3.15. The lowest BCUT2D eigenvalue weighted by molar-refractivity contribution is -0.131. The standard InChI is InChI=1S/C23H28N2O4/c1-22(2,3)15-6-8-16(9-7-15)24-20(26)23(12-13-23)21(27)25-17-10-11-18(28-4)19(14-17)29-5/h6-11,14H,12-13H2,1-5H3,(H,24,26)(H,25,27). The third kappa shape index (κ3) is 4.36. The van der Waals surface area contributed by atoms with E-state index in [-0.39, 0.29) is 17.2 Å². The van der Waals surface area contributed by atoms with Gasteiger partial charge in [0.1, 0.15) is 5.41 Å². The van der Waals surface area contributed by atoms with E-state index in [4.69, 9.17) is 9.47 Å². The van der Waals surface area contributed by atoms with Crippen molar-refractivity contribution in [3.8, 4) is 11.5 Å². The number of rotatable bonds is 6. The topological polar surface area (TPSA) is 76.7 Å². The predicted octanol–water partition coefficient (Wildman–Crippen LogP) is 4.36. The Labute approximate surface area is 171 Å². The molecule has 0 aromatic heterocycles. The maximum absolute atomic E-state index is 12.8. The minimum absolute atomic E-state index is 0.0412. The van der Waals surface area contributed by atoms with Crippen LogP contribution in [0, 0.1) is 5.41 Å². The Morgan fingerprint density at radius 3 is 1.83 bits per heavy atom. The average molecular weight is 396 g/mol. The number of methoxy groups -OCH3 is 2. The van der Waals surface area contributed by atoms with Gasteiger partial charge >= 0.3 is 0 Å². The van der Waals surface area contributed by atoms with Crippen LogP contribution in [-0.4, -0.2) is 26.0 Å². The monoisotopic (exact) mass is 396 g/mol. The van der Waals surface area contributed by atoms with Crippen LogP contribution in [0.2, 0.25) is 0 Å². The average Bonchev–Trinajstić information content (AvgIpc) is 3.49. The predicted molar refractivity (Wildman–Crippen MR) is 114 cm³/mol. The number of hydrogen-bond donors (Lipinski definition) is 2. The number of benzene rings is 2. The summed E-state index contributed by atoms with van der Waals surface area (Å²) in [4.78, 5) is 25.6. The van der Waals surface area contributed by atoms with Gasteiger partial charge < -0.3 is 20.1 Å². The molecular formula is C23H28N2O4. The molecule has 0 bridgehead atoms. The second-order valence-electron chi connectivity index (χ2n) is 8.39. The number of carbonyl (C=O) groups is 2. The molecule has 154 valence electrons. The van der Waals surface area contributed by atoms with Gasteiger partial charge in [0.05, 0.1) is 14.2 Å². The third-order valence-electron chi connectivity index (χ3n) is 5.27. The van der Waals surface area contributed by atoms with Crippen molar-refractivity contribution in [3.05, 3.63) is 48.0 Å². The minimum Gasteiger partial charge on any atom is -0.493 e. The Morgan fingerprint density at radius 1 is 0.828 bits per heavy atom. The second-order valence-corrected chi connectivity index (χ2v) is 8.39. The maximum Gasteiger partial charge on any atom is 0.240 e. The van der Waals surface area contributed by atoms with Crippen LogP contribution >= 0.6 is 0 Å². The summed E-state index contributed by atoms with van der Waals surface area (Å²) in [6.07, 6.45) is 1.05. The van der Waals surface area contributed by atoms with Crippen LogP contribution in [-0.2, 0) is 15.0 Å². The molecule has 6 heteroatoms. The van der Waals surface area contributed by atoms with E-state index < -0.39 is 5.41 Å². The minimum atomic E-state index is -1.03. The fourth-order valence-electron chi connectivity index (χ4n) is 3.15. The Balaban J connectivity index is 1.69. The first kappa shape index (κ1) is 20.7. The van der Waals surface area contributed by atoms with Gasteiger partial charge in [-0.2, -0.15) is 0 Å². The Hall–Kier alpha value is -3.02. The van der Waals surface area contributed by atoms with Crippen LogP contribution < -0.4 is 20.1 Å². The third-order valence-corrected chi connectivity index (χ3v) is 5.27. The van der Waals surface area contributed by atoms with Gasteiger partial charge in [-0.25, -0.2) is 0 Å². The van der Waals surface area contributed by atoms with Crippen molar-refractivity contribution in [2.75, 3.05) is 24.9 Å². The normalized spacial score (nSPS) is 14.7. The SMILES string of the molecule is COc1ccc(NC(=O)C2(C(=O)Nc3ccc(C(C)(C)C)cc3)CC2)cc1OC. The Morgan fingerprint density at radius 2 is 1.34 bits per heavy atom. The summed E-state index contributed by atoms with van der Waals surface area (Å²) in [7, 11) is 3.08. The number of nitrogens with one attached hydrogen (secondary N) is 2. The van der Waals surface area contributed by atoms with Gasteiger partial charge in [-0.05, 0) is 48.1 Å². The molecule has 1 aliphatic rings. The van der Waals surface area contributed by atoms with E-state index in [1.165, 1.54) is 12.7 Å². The van der Waals surface area contributed by atoms with Crippen LogP contribution in [0.15, 0.2) is 42.5 Å². The molecule has 0 radical (unpaired) electrons. The van der Waals surface area contributed by atoms with Gasteiger partial charge in [-0.15, -0.1) is 0 Å². The van der Waals surface area contributed by atoms with Crippen molar-refractivity contribution >= 4 is 23.2 Å². The largest absolute Gasteiger partial charge is 0.493 e. The molecule has 1 aliphatic carbocycles. The lowest BCUT2D eigenvalue weighted by Gasteiger charge is -2.20. The zero-order valence-corrected chi connectivity index (χ0v) is 17.6. The molecule has 0 atom stereocenters. The van der Waals surface area contributed by atoms with E-state index in [0.717, 1.165) is 0 Å². The molecule has 0 spiro atoms. The van der Waals surface area contributed by atoms with Crippen molar-refractivity contribution in [1.82, 2.24) is 0 Å². The highest BCUT2D eigenvalue weighted by atomic mass is 16.5. The van der Waals surface area contributed by atoms with Crippen molar-refractivity contribution in [2.24, 2.45) is 5.41 Å². The number of carbonyl (C=O) groups excluding carboxylic acids is 2. The molecule has 3 rings (SSSR count). The molecule has 2 N–H and O–H groups in total. The summed E-state index contributed by atoms with van der Waals surface area (Å²) in [5.41, 5.74) is 1.44. The van der Waals surface area contributed by atoms with Crippen molar-refractivity contribution < 1.29 is 19.1 Å². The van der Waals surface area contributed by atoms with Gasteiger partial charge in [0.2, 0.25) is 11.8 Å². The van der Waals surface area contributed by atoms with E-state index in [1.807, 2.05) is 24.3 Å². The van der Waals surface area contributed by atoms with E-state index >= 15 is 0 Å². The highest BCUT2D eigenvalue weighted by Crippen LogP contribution is 2.47. The van der Waals surface area contributed by atoms with Crippen molar-refractivity contribution in [1.29, 1.82) is 0 Å². The fraction of sp³-hybridized carbons (Fsp3) is 0.391. The lowest BCUT2D eigenvalue weighted by Crippen LogP contribution is -2.35. The zero-order valence-electron chi connectivity index (χ0n) is 17.6. The van der Waals surface area contributed by atoms with Crippen molar-refractivity contribution in [2.45, 2.75) is 39.0 Å². The molecule has 0 unspecified atom stereocenters. The molecule has 2 amide bonds. The first-order chi connectivity index (χ1) is 13.7. The van der Waals surface area contributed by atoms with Gasteiger partial charge in [-0.3, -0.25) is 9.59 Å². The summed E-state index contributed by atoms with van der Waals surface area (Å²) in [6.45, 7) is 6.41. The second kappa shape index (κ2) is 7.78. The van der Waals surface area contributed by atoms with Gasteiger partial charge in [0.15, 0.2) is 11.5 Å². The van der Waals surface area contributed by atoms with Gasteiger partial charge in [-0.1, -0.05) is 32.9 Å². The molecule has 29 heavy (non-hydrogen) atoms. The summed E-state index contributed by atoms with van der Waals surface area (Å²) in [6, 6.07) is 12.9. The molecule has 1 saturated carbocycles. The summed E-state index contributed by atoms with van der Waals surface area (Å²) < 4.78 is 10.5. The van der Waals surface area contributed by atoms with E-state index in [2.05, 4.69) is 31.4 Å². The Bertz CT molecular complexity index is 909. The van der Waals surface area contributed by atoms with E-state index in [0.29, 0.717) is 35.7 Å². The van der Waals surface area contributed by atoms with Crippen LogP contribution in [0.4, 0.5) is 11.4 Å². The molecule has 6 nitrogen and oxygen atoms in total. The summed E-state index contributed by atoms with van der Waals surface area (Å²) in [5.74, 6) is 0.495. The first-order valence-electron chi connectivity index (χ1n) is 9.65. The zero-order chi connectivity index (χ0) is 21.2. The number of hydrogen-bond acceptors (Lipinski definition) is 4. The molecular weight excluding hydrogens is 368 g/mol. The number of amides is 2. The molecule has 0 heterocycles. The van der Waals surface area contributed by atoms with Crippen LogP contribution in [0.1, 0.15) is 39.2 Å². The molecule has 2 aromatic rings. The molecule has 0 saturated heterocycles. The highest BCUT2D eigenvalue weighted by Gasteiger charge is 2.56. The first-order valence-corrected chi connectivity index (χ1v) is 9.65. The molecule has 0 aliphatic heterocycles. The van der Waals surface area contributed by atoms with E-state index in [1.54, 1.807) is 25.3 Å². The van der Waals surface area contributed by atoms with Crippen LogP contribution in [0.5, 0.6) is 11.5 Å². The van der Waals surface area contributed by atoms with Crippen molar-refractivity contribution in [3.63, 3.8) is 0 Å². The Kier molecular flexibility index (Phi) is 5.55.